The highest BCUT2D eigenvalue weighted by molar-refractivity contribution is 6.29. The molecule has 0 amide bonds. The molecule has 0 N–H and O–H groups in total. The molecule has 0 aliphatic heterocycles. The number of aromatic nitrogens is 2. The Morgan fingerprint density at radius 3 is 2.63 bits per heavy atom. The van der Waals surface area contributed by atoms with Gasteiger partial charge in [0.15, 0.2) is 5.69 Å². The molecule has 1 aromatic heterocycles. The topological polar surface area (TPSA) is 61.3 Å². The summed E-state index contributed by atoms with van der Waals surface area (Å²) in [5.41, 5.74) is 0.935. The fourth-order valence-corrected chi connectivity index (χ4v) is 1.53. The smallest absolute Gasteiger partial charge is 0.358 e. The van der Waals surface area contributed by atoms with Crippen molar-refractivity contribution in [3.05, 3.63) is 53.1 Å². The Balaban J connectivity index is 1.96. The van der Waals surface area contributed by atoms with Crippen molar-refractivity contribution in [1.29, 1.82) is 0 Å². The third-order valence-corrected chi connectivity index (χ3v) is 2.53. The Kier molecular flexibility index (Phi) is 4.30. The van der Waals surface area contributed by atoms with Gasteiger partial charge in [-0.1, -0.05) is 23.7 Å². The van der Waals surface area contributed by atoms with Gasteiger partial charge in [0.25, 0.3) is 0 Å². The highest BCUT2D eigenvalue weighted by Crippen LogP contribution is 2.12. The number of benzene rings is 1. The van der Waals surface area contributed by atoms with Crippen LogP contribution in [0.2, 0.25) is 5.15 Å². The van der Waals surface area contributed by atoms with Crippen LogP contribution in [0.1, 0.15) is 16.1 Å². The minimum Gasteiger partial charge on any atom is -0.497 e. The second-order valence-corrected chi connectivity index (χ2v) is 4.04. The van der Waals surface area contributed by atoms with Crippen LogP contribution in [0.15, 0.2) is 36.7 Å². The van der Waals surface area contributed by atoms with Crippen molar-refractivity contribution in [2.75, 3.05) is 7.11 Å². The molecule has 6 heteroatoms. The lowest BCUT2D eigenvalue weighted by molar-refractivity contribution is 0.0465. The molecule has 2 aromatic rings. The van der Waals surface area contributed by atoms with E-state index in [4.69, 9.17) is 21.1 Å². The number of carbonyl (C=O) groups is 1. The quantitative estimate of drug-likeness (QED) is 0.804. The first-order chi connectivity index (χ1) is 9.19. The zero-order chi connectivity index (χ0) is 13.7. The Bertz CT molecular complexity index is 572. The van der Waals surface area contributed by atoms with E-state index in [1.165, 1.54) is 12.4 Å². The number of ether oxygens (including phenoxy) is 2. The van der Waals surface area contributed by atoms with Crippen molar-refractivity contribution in [2.45, 2.75) is 6.61 Å². The first-order valence-corrected chi connectivity index (χ1v) is 5.84. The van der Waals surface area contributed by atoms with Crippen molar-refractivity contribution >= 4 is 17.6 Å². The molecule has 1 heterocycles. The monoisotopic (exact) mass is 278 g/mol. The van der Waals surface area contributed by atoms with Crippen LogP contribution in [0.25, 0.3) is 0 Å². The second kappa shape index (κ2) is 6.15. The largest absolute Gasteiger partial charge is 0.497 e. The Morgan fingerprint density at radius 1 is 1.26 bits per heavy atom. The molecule has 19 heavy (non-hydrogen) atoms. The maximum atomic E-state index is 11.7. The number of rotatable bonds is 4. The van der Waals surface area contributed by atoms with E-state index >= 15 is 0 Å². The number of carbonyl (C=O) groups excluding carboxylic acids is 1. The Labute approximate surface area is 115 Å². The molecule has 0 saturated heterocycles. The molecule has 2 rings (SSSR count). The first-order valence-electron chi connectivity index (χ1n) is 5.46. The zero-order valence-corrected chi connectivity index (χ0v) is 10.9. The van der Waals surface area contributed by atoms with E-state index in [0.717, 1.165) is 11.3 Å². The van der Waals surface area contributed by atoms with Gasteiger partial charge in [-0.05, 0) is 17.7 Å². The minimum absolute atomic E-state index is 0.0843. The van der Waals surface area contributed by atoms with E-state index in [-0.39, 0.29) is 17.5 Å². The summed E-state index contributed by atoms with van der Waals surface area (Å²) in [6.07, 6.45) is 2.66. The third kappa shape index (κ3) is 3.66. The fraction of sp³-hybridized carbons (Fsp3) is 0.154. The molecule has 0 atom stereocenters. The van der Waals surface area contributed by atoms with E-state index in [0.29, 0.717) is 0 Å². The predicted octanol–water partition coefficient (Wildman–Crippen LogP) is 2.50. The number of halogens is 1. The van der Waals surface area contributed by atoms with Crippen molar-refractivity contribution in [2.24, 2.45) is 0 Å². The number of esters is 1. The summed E-state index contributed by atoms with van der Waals surface area (Å²) < 4.78 is 10.1. The van der Waals surface area contributed by atoms with Crippen LogP contribution in [-0.4, -0.2) is 23.0 Å². The van der Waals surface area contributed by atoms with Gasteiger partial charge in [0, 0.05) is 0 Å². The maximum Gasteiger partial charge on any atom is 0.358 e. The van der Waals surface area contributed by atoms with E-state index in [9.17, 15) is 4.79 Å². The lowest BCUT2D eigenvalue weighted by atomic mass is 10.2. The van der Waals surface area contributed by atoms with Crippen LogP contribution in [0.5, 0.6) is 5.75 Å². The molecule has 0 fully saturated rings. The molecule has 0 aliphatic rings. The van der Waals surface area contributed by atoms with Gasteiger partial charge in [0.1, 0.15) is 17.5 Å². The van der Waals surface area contributed by atoms with Gasteiger partial charge >= 0.3 is 5.97 Å². The fourth-order valence-electron chi connectivity index (χ4n) is 1.39. The van der Waals surface area contributed by atoms with Crippen LogP contribution in [0, 0.1) is 0 Å². The van der Waals surface area contributed by atoms with Gasteiger partial charge in [-0.15, -0.1) is 0 Å². The van der Waals surface area contributed by atoms with Gasteiger partial charge in [-0.3, -0.25) is 4.98 Å². The van der Waals surface area contributed by atoms with E-state index in [1.807, 2.05) is 12.1 Å². The van der Waals surface area contributed by atoms with Crippen LogP contribution in [0.3, 0.4) is 0 Å². The molecule has 0 saturated carbocycles. The SMILES string of the molecule is COc1ccc(COC(=O)c2cncc(Cl)n2)cc1. The summed E-state index contributed by atoms with van der Waals surface area (Å²) in [4.78, 5) is 19.3. The number of hydrogen-bond donors (Lipinski definition) is 0. The van der Waals surface area contributed by atoms with E-state index in [1.54, 1.807) is 19.2 Å². The predicted molar refractivity (Wildman–Crippen MR) is 69.2 cm³/mol. The molecule has 5 nitrogen and oxygen atoms in total. The normalized spacial score (nSPS) is 10.0. The first kappa shape index (κ1) is 13.3. The van der Waals surface area contributed by atoms with E-state index < -0.39 is 5.97 Å². The zero-order valence-electron chi connectivity index (χ0n) is 10.2. The summed E-state index contributed by atoms with van der Waals surface area (Å²) in [6.45, 7) is 0.150. The molecule has 0 unspecified atom stereocenters. The average Bonchev–Trinajstić information content (AvgIpc) is 2.45. The van der Waals surface area contributed by atoms with Gasteiger partial charge in [-0.2, -0.15) is 0 Å². The molecule has 0 radical (unpaired) electrons. The Morgan fingerprint density at radius 2 is 2.00 bits per heavy atom. The van der Waals surface area contributed by atoms with Crippen LogP contribution >= 0.6 is 11.6 Å². The highest BCUT2D eigenvalue weighted by Gasteiger charge is 2.10. The Hall–Kier alpha value is -2.14. The average molecular weight is 279 g/mol. The van der Waals surface area contributed by atoms with Gasteiger partial charge in [-0.25, -0.2) is 9.78 Å². The summed E-state index contributed by atoms with van der Waals surface area (Å²) in [6, 6.07) is 7.22. The highest BCUT2D eigenvalue weighted by atomic mass is 35.5. The van der Waals surface area contributed by atoms with Crippen molar-refractivity contribution < 1.29 is 14.3 Å². The van der Waals surface area contributed by atoms with E-state index in [2.05, 4.69) is 9.97 Å². The molecule has 0 bridgehead atoms. The van der Waals surface area contributed by atoms with Crippen molar-refractivity contribution in [3.8, 4) is 5.75 Å². The van der Waals surface area contributed by atoms with Gasteiger partial charge in [0.2, 0.25) is 0 Å². The molecule has 98 valence electrons. The van der Waals surface area contributed by atoms with Crippen LogP contribution in [-0.2, 0) is 11.3 Å². The number of nitrogens with zero attached hydrogens (tertiary/aromatic N) is 2. The molecule has 0 aliphatic carbocycles. The van der Waals surface area contributed by atoms with Crippen LogP contribution < -0.4 is 4.74 Å². The summed E-state index contributed by atoms with van der Waals surface area (Å²) >= 11 is 5.64. The summed E-state index contributed by atoms with van der Waals surface area (Å²) in [5, 5.41) is 0.152. The van der Waals surface area contributed by atoms with Crippen molar-refractivity contribution in [3.63, 3.8) is 0 Å². The van der Waals surface area contributed by atoms with Gasteiger partial charge < -0.3 is 9.47 Å². The maximum absolute atomic E-state index is 11.7. The van der Waals surface area contributed by atoms with Gasteiger partial charge in [0.05, 0.1) is 19.5 Å². The standard InChI is InChI=1S/C13H11ClN2O3/c1-18-10-4-2-9(3-5-10)8-19-13(17)11-6-15-7-12(14)16-11/h2-7H,8H2,1H3. The third-order valence-electron chi connectivity index (χ3n) is 2.34. The molecular formula is C13H11ClN2O3. The molecule has 1 aromatic carbocycles. The van der Waals surface area contributed by atoms with Crippen molar-refractivity contribution in [1.82, 2.24) is 9.97 Å². The number of methoxy groups -OCH3 is 1. The summed E-state index contributed by atoms with van der Waals surface area (Å²) in [7, 11) is 1.59. The lowest BCUT2D eigenvalue weighted by Crippen LogP contribution is -2.08. The summed E-state index contributed by atoms with van der Waals surface area (Å²) in [5.74, 6) is 0.182. The second-order valence-electron chi connectivity index (χ2n) is 3.65. The van der Waals surface area contributed by atoms with Crippen LogP contribution in [0.4, 0.5) is 0 Å². The number of hydrogen-bond acceptors (Lipinski definition) is 5. The lowest BCUT2D eigenvalue weighted by Gasteiger charge is -2.05. The molecule has 0 spiro atoms. The molecular weight excluding hydrogens is 268 g/mol. The minimum atomic E-state index is -0.564.